The third-order valence-corrected chi connectivity index (χ3v) is 3.11. The molecule has 0 radical (unpaired) electrons. The molecule has 2 rings (SSSR count). The van der Waals surface area contributed by atoms with Crippen LogP contribution in [-0.4, -0.2) is 23.5 Å². The van der Waals surface area contributed by atoms with Gasteiger partial charge in [0.05, 0.1) is 0 Å². The van der Waals surface area contributed by atoms with Crippen LogP contribution in [0.3, 0.4) is 0 Å². The Bertz CT molecular complexity index is 399. The van der Waals surface area contributed by atoms with Crippen LogP contribution in [0.2, 0.25) is 0 Å². The van der Waals surface area contributed by atoms with Gasteiger partial charge in [0.15, 0.2) is 0 Å². The Kier molecular flexibility index (Phi) is 2.88. The summed E-state index contributed by atoms with van der Waals surface area (Å²) in [4.78, 5) is 16.8. The van der Waals surface area contributed by atoms with Crippen molar-refractivity contribution in [3.8, 4) is 0 Å². The van der Waals surface area contributed by atoms with Crippen molar-refractivity contribution in [2.24, 2.45) is 5.73 Å². The fourth-order valence-corrected chi connectivity index (χ4v) is 2.18. The molecule has 15 heavy (non-hydrogen) atoms. The van der Waals surface area contributed by atoms with E-state index in [0.717, 1.165) is 18.7 Å². The second-order valence-corrected chi connectivity index (χ2v) is 4.11. The molecule has 4 nitrogen and oxygen atoms in total. The molecule has 0 saturated carbocycles. The lowest BCUT2D eigenvalue weighted by molar-refractivity contribution is 0.311. The van der Waals surface area contributed by atoms with Gasteiger partial charge in [0.25, 0.3) is 5.56 Å². The Labute approximate surface area is 89.1 Å². The van der Waals surface area contributed by atoms with E-state index in [1.807, 2.05) is 12.1 Å². The summed E-state index contributed by atoms with van der Waals surface area (Å²) >= 11 is 0. The van der Waals surface area contributed by atoms with E-state index in [-0.39, 0.29) is 5.56 Å². The lowest BCUT2D eigenvalue weighted by Crippen LogP contribution is -2.23. The van der Waals surface area contributed by atoms with Gasteiger partial charge in [-0.15, -0.1) is 0 Å². The number of nitrogens with zero attached hydrogens (tertiary/aromatic N) is 1. The summed E-state index contributed by atoms with van der Waals surface area (Å²) in [5, 5.41) is 0. The minimum atomic E-state index is -0.0460. The van der Waals surface area contributed by atoms with Crippen molar-refractivity contribution in [2.75, 3.05) is 13.6 Å². The summed E-state index contributed by atoms with van der Waals surface area (Å²) < 4.78 is 0. The van der Waals surface area contributed by atoms with Gasteiger partial charge in [-0.1, -0.05) is 6.07 Å². The molecule has 1 fully saturated rings. The highest BCUT2D eigenvalue weighted by molar-refractivity contribution is 5.17. The van der Waals surface area contributed by atoms with E-state index in [1.54, 1.807) is 0 Å². The lowest BCUT2D eigenvalue weighted by Gasteiger charge is -2.19. The van der Waals surface area contributed by atoms with E-state index in [0.29, 0.717) is 18.2 Å². The number of hydrogen-bond acceptors (Lipinski definition) is 3. The number of pyridine rings is 1. The van der Waals surface area contributed by atoms with Crippen LogP contribution in [0.25, 0.3) is 0 Å². The molecule has 2 heterocycles. The first kappa shape index (κ1) is 10.4. The molecule has 1 aliphatic heterocycles. The van der Waals surface area contributed by atoms with Crippen LogP contribution < -0.4 is 11.3 Å². The van der Waals surface area contributed by atoms with Gasteiger partial charge in [0.2, 0.25) is 0 Å². The normalized spacial score (nSPS) is 22.1. The number of aromatic nitrogens is 1. The zero-order valence-electron chi connectivity index (χ0n) is 8.99. The van der Waals surface area contributed by atoms with Gasteiger partial charge in [-0.25, -0.2) is 0 Å². The summed E-state index contributed by atoms with van der Waals surface area (Å²) in [6.45, 7) is 1.40. The summed E-state index contributed by atoms with van der Waals surface area (Å²) in [5.74, 6) is 0. The van der Waals surface area contributed by atoms with E-state index in [2.05, 4.69) is 16.9 Å². The van der Waals surface area contributed by atoms with Crippen LogP contribution in [0, 0.1) is 0 Å². The average molecular weight is 207 g/mol. The molecule has 1 unspecified atom stereocenters. The molecule has 0 amide bonds. The quantitative estimate of drug-likeness (QED) is 0.746. The molecule has 1 saturated heterocycles. The van der Waals surface area contributed by atoms with E-state index < -0.39 is 0 Å². The van der Waals surface area contributed by atoms with Crippen LogP contribution in [0.1, 0.15) is 30.1 Å². The molecule has 0 aromatic carbocycles. The molecule has 1 aromatic rings. The monoisotopic (exact) mass is 207 g/mol. The molecule has 1 aliphatic rings. The van der Waals surface area contributed by atoms with Gasteiger partial charge in [0, 0.05) is 23.8 Å². The summed E-state index contributed by atoms with van der Waals surface area (Å²) in [7, 11) is 2.09. The SMILES string of the molecule is CN1CCCC1c1ccc(CN)c(=O)[nH]1. The van der Waals surface area contributed by atoms with Gasteiger partial charge < -0.3 is 10.7 Å². The number of hydrogen-bond donors (Lipinski definition) is 2. The number of rotatable bonds is 2. The highest BCUT2D eigenvalue weighted by atomic mass is 16.1. The van der Waals surface area contributed by atoms with Gasteiger partial charge >= 0.3 is 0 Å². The van der Waals surface area contributed by atoms with Gasteiger partial charge in [0.1, 0.15) is 0 Å². The van der Waals surface area contributed by atoms with Crippen LogP contribution in [0.4, 0.5) is 0 Å². The molecule has 0 aliphatic carbocycles. The lowest BCUT2D eigenvalue weighted by atomic mass is 10.1. The van der Waals surface area contributed by atoms with Crippen molar-refractivity contribution < 1.29 is 0 Å². The maximum absolute atomic E-state index is 11.6. The van der Waals surface area contributed by atoms with E-state index in [4.69, 9.17) is 5.73 Å². The van der Waals surface area contributed by atoms with E-state index in [1.165, 1.54) is 6.42 Å². The van der Waals surface area contributed by atoms with Crippen LogP contribution in [-0.2, 0) is 6.54 Å². The Morgan fingerprint density at radius 2 is 2.40 bits per heavy atom. The van der Waals surface area contributed by atoms with Crippen LogP contribution in [0.5, 0.6) is 0 Å². The summed E-state index contributed by atoms with van der Waals surface area (Å²) in [5.41, 5.74) is 7.07. The number of likely N-dealkylation sites (tertiary alicyclic amines) is 1. The van der Waals surface area contributed by atoms with Gasteiger partial charge in [-0.2, -0.15) is 0 Å². The second kappa shape index (κ2) is 4.16. The molecule has 82 valence electrons. The minimum absolute atomic E-state index is 0.0460. The number of nitrogens with two attached hydrogens (primary N) is 1. The molecular weight excluding hydrogens is 190 g/mol. The molecule has 4 heteroatoms. The number of H-pyrrole nitrogens is 1. The Hall–Kier alpha value is -1.13. The maximum Gasteiger partial charge on any atom is 0.252 e. The first-order chi connectivity index (χ1) is 7.22. The van der Waals surface area contributed by atoms with Crippen molar-refractivity contribution in [2.45, 2.75) is 25.4 Å². The van der Waals surface area contributed by atoms with Gasteiger partial charge in [-0.3, -0.25) is 9.69 Å². The molecule has 3 N–H and O–H groups in total. The zero-order chi connectivity index (χ0) is 10.8. The van der Waals surface area contributed by atoms with E-state index in [9.17, 15) is 4.79 Å². The van der Waals surface area contributed by atoms with Crippen LogP contribution in [0.15, 0.2) is 16.9 Å². The van der Waals surface area contributed by atoms with Crippen LogP contribution >= 0.6 is 0 Å². The third kappa shape index (κ3) is 1.96. The predicted molar refractivity (Wildman–Crippen MR) is 59.6 cm³/mol. The summed E-state index contributed by atoms with van der Waals surface area (Å²) in [6, 6.07) is 4.18. The van der Waals surface area contributed by atoms with Crippen molar-refractivity contribution in [3.05, 3.63) is 33.7 Å². The molecule has 0 bridgehead atoms. The first-order valence-electron chi connectivity index (χ1n) is 5.35. The van der Waals surface area contributed by atoms with E-state index >= 15 is 0 Å². The Morgan fingerprint density at radius 1 is 1.60 bits per heavy atom. The maximum atomic E-state index is 11.6. The van der Waals surface area contributed by atoms with Gasteiger partial charge in [-0.05, 0) is 32.5 Å². The molecule has 0 spiro atoms. The average Bonchev–Trinajstić information content (AvgIpc) is 2.64. The number of nitrogens with one attached hydrogen (secondary N) is 1. The summed E-state index contributed by atoms with van der Waals surface area (Å²) in [6.07, 6.45) is 2.32. The van der Waals surface area contributed by atoms with Crippen molar-refractivity contribution in [3.63, 3.8) is 0 Å². The highest BCUT2D eigenvalue weighted by Gasteiger charge is 2.23. The smallest absolute Gasteiger partial charge is 0.252 e. The number of aromatic amines is 1. The molecule has 1 aromatic heterocycles. The second-order valence-electron chi connectivity index (χ2n) is 4.11. The fourth-order valence-electron chi connectivity index (χ4n) is 2.18. The topological polar surface area (TPSA) is 62.1 Å². The first-order valence-corrected chi connectivity index (χ1v) is 5.35. The molecule has 1 atom stereocenters. The molecular formula is C11H17N3O. The minimum Gasteiger partial charge on any atom is -0.326 e. The zero-order valence-corrected chi connectivity index (χ0v) is 8.99. The largest absolute Gasteiger partial charge is 0.326 e. The predicted octanol–water partition coefficient (Wildman–Crippen LogP) is 0.600. The van der Waals surface area contributed by atoms with Crippen molar-refractivity contribution in [1.82, 2.24) is 9.88 Å². The van der Waals surface area contributed by atoms with Crippen molar-refractivity contribution in [1.29, 1.82) is 0 Å². The Balaban J connectivity index is 2.30. The fraction of sp³-hybridized carbons (Fsp3) is 0.545. The standard InChI is InChI=1S/C11H17N3O/c1-14-6-2-3-10(14)9-5-4-8(7-12)11(15)13-9/h4-5,10H,2-3,6-7,12H2,1H3,(H,13,15). The Morgan fingerprint density at radius 3 is 2.93 bits per heavy atom. The van der Waals surface area contributed by atoms with Crippen molar-refractivity contribution >= 4 is 0 Å². The highest BCUT2D eigenvalue weighted by Crippen LogP contribution is 2.28. The third-order valence-electron chi connectivity index (χ3n) is 3.11.